The highest BCUT2D eigenvalue weighted by atomic mass is 32.1. The highest BCUT2D eigenvalue weighted by molar-refractivity contribution is 7.13. The number of β-amino-alcohol motifs (C(OH)–C–C–N with tert-alkyl or cyclic N) is 1. The van der Waals surface area contributed by atoms with Gasteiger partial charge in [0.05, 0.1) is 63.8 Å². The minimum Gasteiger partial charge on any atom is -0.493 e. The average molecular weight is 980 g/mol. The predicted octanol–water partition coefficient (Wildman–Crippen LogP) is 8.03. The number of aryl methyl sites for hydroxylation is 1. The molecule has 1 aromatic heterocycles. The Hall–Kier alpha value is -7.30. The number of urea groups is 1. The van der Waals surface area contributed by atoms with Gasteiger partial charge in [-0.25, -0.2) is 14.7 Å². The molecule has 19 heteroatoms. The van der Waals surface area contributed by atoms with Crippen LogP contribution in [0.2, 0.25) is 0 Å². The summed E-state index contributed by atoms with van der Waals surface area (Å²) in [6, 6.07) is 21.8. The van der Waals surface area contributed by atoms with Crippen LogP contribution in [0.15, 0.2) is 96.5 Å². The van der Waals surface area contributed by atoms with Gasteiger partial charge in [-0.1, -0.05) is 57.2 Å². The number of benzene rings is 4. The number of anilines is 2. The number of aliphatic hydroxyl groups excluding tert-OH is 1. The molecule has 70 heavy (non-hydrogen) atoms. The zero-order chi connectivity index (χ0) is 50.7. The zero-order valence-electron chi connectivity index (χ0n) is 39.3. The number of para-hydroxylation sites is 1. The lowest BCUT2D eigenvalue weighted by Crippen LogP contribution is -2.57. The normalized spacial score (nSPS) is 17.3. The van der Waals surface area contributed by atoms with Crippen molar-refractivity contribution in [3.63, 3.8) is 0 Å². The number of rotatable bonds is 15. The minimum absolute atomic E-state index is 0.0403. The smallest absolute Gasteiger partial charge is 0.417 e. The van der Waals surface area contributed by atoms with Crippen LogP contribution in [0.25, 0.3) is 10.4 Å². The van der Waals surface area contributed by atoms with E-state index in [9.17, 15) is 47.5 Å². The quantitative estimate of drug-likeness (QED) is 0.0683. The Labute approximate surface area is 406 Å². The maximum Gasteiger partial charge on any atom is 0.417 e. The van der Waals surface area contributed by atoms with E-state index in [1.807, 2.05) is 31.2 Å². The predicted molar refractivity (Wildman–Crippen MR) is 255 cm³/mol. The number of likely N-dealkylation sites (tertiary alicyclic amines) is 1. The molecule has 0 unspecified atom stereocenters. The number of nitrogens with zero attached hydrogens (tertiary/aromatic N) is 5. The molecule has 5 aromatic rings. The topological polar surface area (TPSA) is 194 Å². The monoisotopic (exact) mass is 979 g/mol. The van der Waals surface area contributed by atoms with Crippen LogP contribution >= 0.6 is 11.3 Å². The minimum atomic E-state index is -4.89. The molecule has 15 nitrogen and oxygen atoms in total. The third kappa shape index (κ3) is 10.8. The molecule has 0 spiro atoms. The van der Waals surface area contributed by atoms with Crippen LogP contribution in [0.5, 0.6) is 11.5 Å². The van der Waals surface area contributed by atoms with E-state index in [-0.39, 0.29) is 55.4 Å². The van der Waals surface area contributed by atoms with Gasteiger partial charge < -0.3 is 30.1 Å². The first-order valence-corrected chi connectivity index (χ1v) is 23.3. The summed E-state index contributed by atoms with van der Waals surface area (Å²) in [5.41, 5.74) is 0.554. The molecule has 0 saturated carbocycles. The van der Waals surface area contributed by atoms with Crippen LogP contribution in [0, 0.1) is 23.7 Å². The fourth-order valence-corrected chi connectivity index (χ4v) is 9.16. The number of amides is 6. The van der Waals surface area contributed by atoms with Gasteiger partial charge in [-0.15, -0.1) is 11.3 Å². The summed E-state index contributed by atoms with van der Waals surface area (Å²) in [5, 5.41) is 25.7. The van der Waals surface area contributed by atoms with E-state index < -0.39 is 76.1 Å². The molecular weight excluding hydrogens is 928 g/mol. The number of aliphatic hydroxyl groups is 1. The Morgan fingerprint density at radius 3 is 2.27 bits per heavy atom. The Morgan fingerprint density at radius 1 is 0.957 bits per heavy atom. The first kappa shape index (κ1) is 50.6. The van der Waals surface area contributed by atoms with Crippen LogP contribution in [-0.4, -0.2) is 88.1 Å². The van der Waals surface area contributed by atoms with Gasteiger partial charge in [-0.05, 0) is 91.9 Å². The number of hydrogen-bond acceptors (Lipinski definition) is 11. The number of carbonyl (C=O) groups excluding carboxylic acids is 5. The summed E-state index contributed by atoms with van der Waals surface area (Å²) < 4.78 is 53.1. The number of nitrogens with one attached hydrogen (secondary N) is 2. The van der Waals surface area contributed by atoms with Crippen molar-refractivity contribution in [3.05, 3.63) is 124 Å². The number of carbonyl (C=O) groups is 5. The van der Waals surface area contributed by atoms with E-state index in [1.54, 1.807) is 86.1 Å². The highest BCUT2D eigenvalue weighted by Gasteiger charge is 2.53. The molecule has 3 heterocycles. The molecule has 0 radical (unpaired) electrons. The number of alkyl halides is 3. The number of aromatic nitrogens is 1. The number of halogens is 3. The third-order valence-electron chi connectivity index (χ3n) is 12.1. The lowest BCUT2D eigenvalue weighted by atomic mass is 9.85. The van der Waals surface area contributed by atoms with Crippen molar-refractivity contribution in [2.75, 3.05) is 29.6 Å². The summed E-state index contributed by atoms with van der Waals surface area (Å²) in [6.07, 6.45) is -5.42. The largest absolute Gasteiger partial charge is 0.493 e. The summed E-state index contributed by atoms with van der Waals surface area (Å²) in [4.78, 5) is 77.5. The van der Waals surface area contributed by atoms with Crippen molar-refractivity contribution < 1.29 is 51.7 Å². The number of imide groups is 1. The molecule has 3 atom stereocenters. The number of ether oxygens (including phenoxy) is 2. The second-order valence-corrected chi connectivity index (χ2v) is 19.4. The first-order chi connectivity index (χ1) is 33.1. The van der Waals surface area contributed by atoms with E-state index in [0.717, 1.165) is 33.8 Å². The van der Waals surface area contributed by atoms with E-state index in [0.29, 0.717) is 23.1 Å². The van der Waals surface area contributed by atoms with Gasteiger partial charge in [0.25, 0.3) is 11.8 Å². The Balaban J connectivity index is 0.928. The average Bonchev–Trinajstić information content (AvgIpc) is 3.98. The fraction of sp³-hybridized carbons (Fsp3) is 0.353. The molecule has 0 aliphatic carbocycles. The van der Waals surface area contributed by atoms with Gasteiger partial charge in [0.15, 0.2) is 0 Å². The summed E-state index contributed by atoms with van der Waals surface area (Å²) in [5.74, 6) is -1.60. The Bertz CT molecular complexity index is 2820. The molecule has 4 aromatic carbocycles. The lowest BCUT2D eigenvalue weighted by molar-refractivity contribution is -0.142. The molecule has 366 valence electrons. The van der Waals surface area contributed by atoms with Crippen LogP contribution in [0.3, 0.4) is 0 Å². The molecule has 2 aliphatic heterocycles. The van der Waals surface area contributed by atoms with Crippen LogP contribution < -0.4 is 29.9 Å². The fourth-order valence-electron chi connectivity index (χ4n) is 8.35. The molecule has 0 bridgehead atoms. The van der Waals surface area contributed by atoms with Crippen LogP contribution in [0.1, 0.15) is 80.2 Å². The SMILES string of the molecule is Cc1ncsc1-c1ccc(CNC(=O)[C@@H]2C[C@@H](O)CN2C(=O)[C@@H](NC(=O)c2ccccc2OCCCOc2ccc(N3C(=O)N(c4ccc(C#N)c(C(F)(F)F)c4)C(=O)C3(C)C)cc2)C(C)(C)C)cc1. The maximum atomic E-state index is 14.3. The summed E-state index contributed by atoms with van der Waals surface area (Å²) >= 11 is 1.55. The summed E-state index contributed by atoms with van der Waals surface area (Å²) in [6.45, 7) is 10.7. The maximum absolute atomic E-state index is 14.3. The van der Waals surface area contributed by atoms with E-state index in [2.05, 4.69) is 15.6 Å². The van der Waals surface area contributed by atoms with Crippen molar-refractivity contribution in [2.45, 2.75) is 90.8 Å². The second-order valence-electron chi connectivity index (χ2n) is 18.5. The number of nitriles is 1. The summed E-state index contributed by atoms with van der Waals surface area (Å²) in [7, 11) is 0. The molecule has 2 fully saturated rings. The molecule has 2 aliphatic rings. The van der Waals surface area contributed by atoms with E-state index in [4.69, 9.17) is 9.47 Å². The van der Waals surface area contributed by atoms with Gasteiger partial charge in [-0.3, -0.25) is 24.1 Å². The van der Waals surface area contributed by atoms with Crippen LogP contribution in [0.4, 0.5) is 29.3 Å². The van der Waals surface area contributed by atoms with E-state index >= 15 is 0 Å². The van der Waals surface area contributed by atoms with Gasteiger partial charge in [0.1, 0.15) is 29.1 Å². The second kappa shape index (κ2) is 20.3. The molecule has 2 saturated heterocycles. The van der Waals surface area contributed by atoms with Gasteiger partial charge in [0, 0.05) is 31.6 Å². The van der Waals surface area contributed by atoms with Crippen LogP contribution in [-0.2, 0) is 27.1 Å². The zero-order valence-corrected chi connectivity index (χ0v) is 40.1. The van der Waals surface area contributed by atoms with Crippen molar-refractivity contribution in [3.8, 4) is 28.0 Å². The molecule has 6 amide bonds. The number of thiazole rings is 1. The molecule has 3 N–H and O–H groups in total. The van der Waals surface area contributed by atoms with E-state index in [1.165, 1.54) is 29.7 Å². The van der Waals surface area contributed by atoms with Crippen molar-refractivity contribution >= 4 is 52.4 Å². The van der Waals surface area contributed by atoms with Crippen molar-refractivity contribution in [1.29, 1.82) is 5.26 Å². The molecule has 7 rings (SSSR count). The lowest BCUT2D eigenvalue weighted by Gasteiger charge is -2.35. The Kier molecular flexibility index (Phi) is 14.7. The highest BCUT2D eigenvalue weighted by Crippen LogP contribution is 2.40. The Morgan fingerprint density at radius 2 is 1.63 bits per heavy atom. The first-order valence-electron chi connectivity index (χ1n) is 22.4. The van der Waals surface area contributed by atoms with Gasteiger partial charge in [0.2, 0.25) is 11.8 Å². The standard InChI is InChI=1S/C51H52F3N7O8S/c1-30-42(70-29-57-30)32-14-12-31(13-15-32)27-56-45(64)40-25-36(62)28-59(40)46(65)43(49(2,3)4)58-44(63)38-10-7-8-11-41(38)69-23-9-22-68-37-20-18-34(19-21-37)61-48(67)60(47(66)50(61,5)6)35-17-16-33(26-55)39(24-35)51(52,53)54/h7-8,10-21,24,29,36,40,43,62H,9,22-23,25,27-28H2,1-6H3,(H,56,64)(H,58,63)/t36-,40+,43-/m1/s1. The number of hydrogen-bond donors (Lipinski definition) is 3. The van der Waals surface area contributed by atoms with Gasteiger partial charge in [-0.2, -0.15) is 18.4 Å². The van der Waals surface area contributed by atoms with Crippen molar-refractivity contribution in [1.82, 2.24) is 20.5 Å². The van der Waals surface area contributed by atoms with Gasteiger partial charge >= 0.3 is 12.2 Å². The molecular formula is C51H52F3N7O8S. The third-order valence-corrected chi connectivity index (χ3v) is 13.1. The van der Waals surface area contributed by atoms with Crippen molar-refractivity contribution in [2.24, 2.45) is 5.41 Å².